The molecule has 0 bridgehead atoms. The van der Waals surface area contributed by atoms with Crippen LogP contribution in [0.3, 0.4) is 0 Å². The Kier molecular flexibility index (Phi) is 5.87. The van der Waals surface area contributed by atoms with Gasteiger partial charge >= 0.3 is 18.0 Å². The Labute approximate surface area is 152 Å². The Morgan fingerprint density at radius 3 is 2.33 bits per heavy atom. The summed E-state index contributed by atoms with van der Waals surface area (Å²) >= 11 is 0. The summed E-state index contributed by atoms with van der Waals surface area (Å²) in [6.45, 7) is 3.43. The molecule has 10 heteroatoms. The van der Waals surface area contributed by atoms with E-state index in [1.54, 1.807) is 6.92 Å². The van der Waals surface area contributed by atoms with Gasteiger partial charge in [0.2, 0.25) is 5.82 Å². The number of methoxy groups -OCH3 is 1. The molecule has 1 heterocycles. The average molecular weight is 385 g/mol. The van der Waals surface area contributed by atoms with Crippen LogP contribution in [-0.2, 0) is 15.7 Å². The van der Waals surface area contributed by atoms with Crippen LogP contribution in [0.4, 0.5) is 13.2 Å². The molecule has 1 N–H and O–H groups in total. The highest BCUT2D eigenvalue weighted by Crippen LogP contribution is 2.29. The summed E-state index contributed by atoms with van der Waals surface area (Å²) in [6, 6.07) is 5.54. The van der Waals surface area contributed by atoms with Crippen molar-refractivity contribution in [3.63, 3.8) is 0 Å². The van der Waals surface area contributed by atoms with Gasteiger partial charge in [0.25, 0.3) is 5.91 Å². The van der Waals surface area contributed by atoms with Crippen LogP contribution in [-0.4, -0.2) is 34.7 Å². The van der Waals surface area contributed by atoms with E-state index in [2.05, 4.69) is 20.0 Å². The van der Waals surface area contributed by atoms with Gasteiger partial charge in [-0.2, -0.15) is 18.2 Å². The van der Waals surface area contributed by atoms with Crippen LogP contribution in [0.15, 0.2) is 28.8 Å². The largest absolute Gasteiger partial charge is 0.471 e. The molecule has 1 amide bonds. The number of halogens is 3. The first-order chi connectivity index (χ1) is 12.6. The van der Waals surface area contributed by atoms with Crippen molar-refractivity contribution < 1.29 is 32.0 Å². The van der Waals surface area contributed by atoms with Crippen molar-refractivity contribution in [2.75, 3.05) is 7.11 Å². The summed E-state index contributed by atoms with van der Waals surface area (Å²) < 4.78 is 46.5. The van der Waals surface area contributed by atoms with Crippen molar-refractivity contribution in [1.29, 1.82) is 0 Å². The molecule has 1 aromatic heterocycles. The maximum Gasteiger partial charge on any atom is 0.471 e. The highest BCUT2D eigenvalue weighted by Gasteiger charge is 2.38. The molecule has 0 saturated carbocycles. The van der Waals surface area contributed by atoms with Gasteiger partial charge in [0.15, 0.2) is 0 Å². The molecule has 27 heavy (non-hydrogen) atoms. The normalized spacial score (nSPS) is 13.7. The first kappa shape index (κ1) is 20.4. The minimum absolute atomic E-state index is 0.213. The molecule has 0 aliphatic rings. The van der Waals surface area contributed by atoms with Crippen LogP contribution in [0, 0.1) is 0 Å². The molecule has 2 aromatic rings. The van der Waals surface area contributed by atoms with Crippen LogP contribution in [0.5, 0.6) is 0 Å². The number of aromatic nitrogens is 2. The van der Waals surface area contributed by atoms with E-state index in [0.29, 0.717) is 12.8 Å². The summed E-state index contributed by atoms with van der Waals surface area (Å²) in [7, 11) is 1.23. The number of carbonyl (C=O) groups is 2. The number of benzene rings is 1. The Morgan fingerprint density at radius 2 is 1.85 bits per heavy atom. The predicted molar refractivity (Wildman–Crippen MR) is 87.5 cm³/mol. The first-order valence-corrected chi connectivity index (χ1v) is 8.03. The molecule has 2 rings (SSSR count). The van der Waals surface area contributed by atoms with Crippen molar-refractivity contribution in [2.45, 2.75) is 38.4 Å². The molecule has 146 valence electrons. The SMILES string of the molecule is CCCC(C)(NC(=O)c1ccc(-c2noc(C(F)(F)F)n2)cc1)C(=O)OC. The van der Waals surface area contributed by atoms with E-state index in [-0.39, 0.29) is 17.0 Å². The number of amides is 1. The van der Waals surface area contributed by atoms with Gasteiger partial charge in [-0.25, -0.2) is 4.79 Å². The summed E-state index contributed by atoms with van der Waals surface area (Å²) in [4.78, 5) is 27.7. The van der Waals surface area contributed by atoms with Gasteiger partial charge in [0.1, 0.15) is 5.54 Å². The molecule has 1 aromatic carbocycles. The Morgan fingerprint density at radius 1 is 1.22 bits per heavy atom. The third-order valence-electron chi connectivity index (χ3n) is 3.85. The fourth-order valence-electron chi connectivity index (χ4n) is 2.49. The zero-order valence-corrected chi connectivity index (χ0v) is 14.9. The summed E-state index contributed by atoms with van der Waals surface area (Å²) in [5.74, 6) is -2.79. The molecule has 0 aliphatic carbocycles. The fourth-order valence-corrected chi connectivity index (χ4v) is 2.49. The predicted octanol–water partition coefficient (Wildman–Crippen LogP) is 3.22. The van der Waals surface area contributed by atoms with Crippen molar-refractivity contribution in [2.24, 2.45) is 0 Å². The molecule has 0 fully saturated rings. The molecule has 0 radical (unpaired) electrons. The third-order valence-corrected chi connectivity index (χ3v) is 3.85. The summed E-state index contributed by atoms with van der Waals surface area (Å²) in [5, 5.41) is 5.91. The Bertz CT molecular complexity index is 818. The van der Waals surface area contributed by atoms with Gasteiger partial charge in [-0.3, -0.25) is 4.79 Å². The summed E-state index contributed by atoms with van der Waals surface area (Å²) in [5.41, 5.74) is -0.728. The number of ether oxygens (including phenoxy) is 1. The van der Waals surface area contributed by atoms with Crippen LogP contribution in [0.2, 0.25) is 0 Å². The zero-order chi connectivity index (χ0) is 20.2. The van der Waals surface area contributed by atoms with Crippen molar-refractivity contribution >= 4 is 11.9 Å². The molecule has 0 aliphatic heterocycles. The topological polar surface area (TPSA) is 94.3 Å². The highest BCUT2D eigenvalue weighted by atomic mass is 19.4. The lowest BCUT2D eigenvalue weighted by Gasteiger charge is -2.27. The number of hydrogen-bond donors (Lipinski definition) is 1. The average Bonchev–Trinajstić information content (AvgIpc) is 3.11. The number of nitrogens with one attached hydrogen (secondary N) is 1. The van der Waals surface area contributed by atoms with E-state index in [9.17, 15) is 22.8 Å². The molecular formula is C17H18F3N3O4. The van der Waals surface area contributed by atoms with Gasteiger partial charge in [-0.05, 0) is 25.5 Å². The second kappa shape index (κ2) is 7.77. The van der Waals surface area contributed by atoms with E-state index >= 15 is 0 Å². The molecule has 7 nitrogen and oxygen atoms in total. The van der Waals surface area contributed by atoms with E-state index in [4.69, 9.17) is 4.74 Å². The second-order valence-corrected chi connectivity index (χ2v) is 6.03. The van der Waals surface area contributed by atoms with Crippen molar-refractivity contribution in [1.82, 2.24) is 15.5 Å². The third kappa shape index (κ3) is 4.63. The van der Waals surface area contributed by atoms with Gasteiger partial charge in [-0.1, -0.05) is 30.6 Å². The van der Waals surface area contributed by atoms with Crippen LogP contribution in [0.25, 0.3) is 11.4 Å². The van der Waals surface area contributed by atoms with E-state index in [1.807, 2.05) is 6.92 Å². The number of nitrogens with zero attached hydrogens (tertiary/aromatic N) is 2. The Balaban J connectivity index is 2.18. The molecular weight excluding hydrogens is 367 g/mol. The minimum atomic E-state index is -4.73. The van der Waals surface area contributed by atoms with Gasteiger partial charge < -0.3 is 14.6 Å². The number of esters is 1. The smallest absolute Gasteiger partial charge is 0.467 e. The standard InChI is InChI=1S/C17H18F3N3O4/c1-4-9-16(2,15(25)26-3)22-13(24)11-7-5-10(6-8-11)12-21-14(27-23-12)17(18,19)20/h5-8H,4,9H2,1-3H3,(H,22,24). The lowest BCUT2D eigenvalue weighted by molar-refractivity contribution is -0.159. The van der Waals surface area contributed by atoms with Crippen LogP contribution in [0.1, 0.15) is 42.9 Å². The lowest BCUT2D eigenvalue weighted by Crippen LogP contribution is -2.52. The van der Waals surface area contributed by atoms with Crippen molar-refractivity contribution in [3.05, 3.63) is 35.7 Å². The second-order valence-electron chi connectivity index (χ2n) is 6.03. The number of alkyl halides is 3. The molecule has 1 unspecified atom stereocenters. The zero-order valence-electron chi connectivity index (χ0n) is 14.9. The number of hydrogen-bond acceptors (Lipinski definition) is 6. The number of rotatable bonds is 6. The van der Waals surface area contributed by atoms with Crippen LogP contribution < -0.4 is 5.32 Å². The fraction of sp³-hybridized carbons (Fsp3) is 0.412. The monoisotopic (exact) mass is 385 g/mol. The van der Waals surface area contributed by atoms with Gasteiger partial charge in [0, 0.05) is 11.1 Å². The van der Waals surface area contributed by atoms with E-state index < -0.39 is 29.5 Å². The maximum absolute atomic E-state index is 12.5. The summed E-state index contributed by atoms with van der Waals surface area (Å²) in [6.07, 6.45) is -3.71. The molecule has 1 atom stereocenters. The molecule has 0 saturated heterocycles. The number of carbonyl (C=O) groups excluding carboxylic acids is 2. The van der Waals surface area contributed by atoms with Crippen LogP contribution >= 0.6 is 0 Å². The quantitative estimate of drug-likeness (QED) is 0.768. The first-order valence-electron chi connectivity index (χ1n) is 8.03. The molecule has 0 spiro atoms. The van der Waals surface area contributed by atoms with E-state index in [1.165, 1.54) is 31.4 Å². The minimum Gasteiger partial charge on any atom is -0.467 e. The lowest BCUT2D eigenvalue weighted by atomic mass is 9.95. The Hall–Kier alpha value is -2.91. The van der Waals surface area contributed by atoms with E-state index in [0.717, 1.165) is 0 Å². The van der Waals surface area contributed by atoms with Crippen molar-refractivity contribution in [3.8, 4) is 11.4 Å². The van der Waals surface area contributed by atoms with Gasteiger partial charge in [-0.15, -0.1) is 0 Å². The van der Waals surface area contributed by atoms with Gasteiger partial charge in [0.05, 0.1) is 7.11 Å². The maximum atomic E-state index is 12.5. The highest BCUT2D eigenvalue weighted by molar-refractivity contribution is 5.98.